The van der Waals surface area contributed by atoms with Crippen molar-refractivity contribution in [3.63, 3.8) is 0 Å². The number of nitrogens with two attached hydrogens (primary N) is 1. The van der Waals surface area contributed by atoms with Gasteiger partial charge in [0.25, 0.3) is 0 Å². The third-order valence-corrected chi connectivity index (χ3v) is 1.55. The van der Waals surface area contributed by atoms with Gasteiger partial charge < -0.3 is 15.2 Å². The van der Waals surface area contributed by atoms with Gasteiger partial charge in [0.15, 0.2) is 6.29 Å². The maximum Gasteiger partial charge on any atom is 0.172 e. The van der Waals surface area contributed by atoms with Gasteiger partial charge in [-0.3, -0.25) is 0 Å². The van der Waals surface area contributed by atoms with E-state index in [2.05, 4.69) is 0 Å². The van der Waals surface area contributed by atoms with Crippen molar-refractivity contribution < 1.29 is 9.47 Å². The summed E-state index contributed by atoms with van der Waals surface area (Å²) in [6, 6.07) is -0.0463. The second-order valence-corrected chi connectivity index (χ2v) is 2.66. The molecule has 0 heterocycles. The molecule has 0 amide bonds. The third-order valence-electron chi connectivity index (χ3n) is 1.55. The van der Waals surface area contributed by atoms with E-state index in [4.69, 9.17) is 15.2 Å². The molecule has 0 aromatic rings. The number of ether oxygens (including phenoxy) is 2. The first-order valence-electron chi connectivity index (χ1n) is 3.44. The van der Waals surface area contributed by atoms with Crippen LogP contribution in [0.1, 0.15) is 13.8 Å². The number of rotatable bonds is 4. The summed E-state index contributed by atoms with van der Waals surface area (Å²) in [5.41, 5.74) is 5.73. The van der Waals surface area contributed by atoms with Gasteiger partial charge in [0, 0.05) is 14.2 Å². The molecular weight excluding hydrogens is 130 g/mol. The fourth-order valence-electron chi connectivity index (χ4n) is 0.725. The van der Waals surface area contributed by atoms with Gasteiger partial charge in [-0.05, 0) is 5.92 Å². The highest BCUT2D eigenvalue weighted by molar-refractivity contribution is 4.68. The van der Waals surface area contributed by atoms with E-state index in [1.165, 1.54) is 0 Å². The minimum atomic E-state index is -0.278. The average Bonchev–Trinajstić information content (AvgIpc) is 1.90. The lowest BCUT2D eigenvalue weighted by atomic mass is 10.1. The predicted molar refractivity (Wildman–Crippen MR) is 40.6 cm³/mol. The van der Waals surface area contributed by atoms with Crippen LogP contribution in [-0.2, 0) is 9.47 Å². The highest BCUT2D eigenvalue weighted by Crippen LogP contribution is 2.06. The summed E-state index contributed by atoms with van der Waals surface area (Å²) in [5.74, 6) is 0.380. The molecule has 3 nitrogen and oxygen atoms in total. The van der Waals surface area contributed by atoms with Crippen molar-refractivity contribution in [1.82, 2.24) is 0 Å². The highest BCUT2D eigenvalue weighted by atomic mass is 16.7. The molecule has 10 heavy (non-hydrogen) atoms. The van der Waals surface area contributed by atoms with Crippen LogP contribution >= 0.6 is 0 Å². The number of hydrogen-bond donors (Lipinski definition) is 1. The third kappa shape index (κ3) is 2.64. The lowest BCUT2D eigenvalue weighted by Crippen LogP contribution is -2.41. The molecule has 2 N–H and O–H groups in total. The quantitative estimate of drug-likeness (QED) is 0.592. The van der Waals surface area contributed by atoms with E-state index < -0.39 is 0 Å². The zero-order chi connectivity index (χ0) is 8.15. The summed E-state index contributed by atoms with van der Waals surface area (Å²) in [5, 5.41) is 0. The Labute approximate surface area is 62.5 Å². The molecular formula is C7H17NO2. The Kier molecular flexibility index (Phi) is 4.60. The fourth-order valence-corrected chi connectivity index (χ4v) is 0.725. The van der Waals surface area contributed by atoms with Crippen LogP contribution in [0.25, 0.3) is 0 Å². The van der Waals surface area contributed by atoms with Crippen LogP contribution in [0.15, 0.2) is 0 Å². The molecule has 0 fully saturated rings. The second kappa shape index (κ2) is 4.66. The van der Waals surface area contributed by atoms with Crippen LogP contribution in [-0.4, -0.2) is 26.6 Å². The van der Waals surface area contributed by atoms with Crippen molar-refractivity contribution in [3.05, 3.63) is 0 Å². The van der Waals surface area contributed by atoms with Gasteiger partial charge in [-0.2, -0.15) is 0 Å². The molecule has 0 spiro atoms. The van der Waals surface area contributed by atoms with E-state index >= 15 is 0 Å². The van der Waals surface area contributed by atoms with Gasteiger partial charge in [-0.15, -0.1) is 0 Å². The molecule has 0 rings (SSSR count). The van der Waals surface area contributed by atoms with Gasteiger partial charge in [-0.1, -0.05) is 13.8 Å². The van der Waals surface area contributed by atoms with E-state index in [1.54, 1.807) is 14.2 Å². The molecule has 0 radical (unpaired) electrons. The molecule has 0 aromatic carbocycles. The molecule has 62 valence electrons. The largest absolute Gasteiger partial charge is 0.354 e. The molecule has 1 atom stereocenters. The Balaban J connectivity index is 3.76. The van der Waals surface area contributed by atoms with Gasteiger partial charge in [0.1, 0.15) is 0 Å². The standard InChI is InChI=1S/C7H17NO2/c1-5(2)6(8)7(9-3)10-4/h5-7H,8H2,1-4H3. The highest BCUT2D eigenvalue weighted by Gasteiger charge is 2.18. The van der Waals surface area contributed by atoms with Gasteiger partial charge in [0.2, 0.25) is 0 Å². The van der Waals surface area contributed by atoms with E-state index in [0.29, 0.717) is 5.92 Å². The van der Waals surface area contributed by atoms with Gasteiger partial charge >= 0.3 is 0 Å². The van der Waals surface area contributed by atoms with Crippen LogP contribution in [0.3, 0.4) is 0 Å². The Hall–Kier alpha value is -0.120. The van der Waals surface area contributed by atoms with E-state index in [-0.39, 0.29) is 12.3 Å². The van der Waals surface area contributed by atoms with Crippen molar-refractivity contribution in [2.45, 2.75) is 26.2 Å². The minimum absolute atomic E-state index is 0.0463. The first-order chi connectivity index (χ1) is 4.63. The fraction of sp³-hybridized carbons (Fsp3) is 1.00. The zero-order valence-corrected chi connectivity index (χ0v) is 7.13. The van der Waals surface area contributed by atoms with Gasteiger partial charge in [0.05, 0.1) is 6.04 Å². The van der Waals surface area contributed by atoms with Crippen LogP contribution in [0, 0.1) is 5.92 Å². The van der Waals surface area contributed by atoms with Crippen molar-refractivity contribution >= 4 is 0 Å². The van der Waals surface area contributed by atoms with Gasteiger partial charge in [-0.25, -0.2) is 0 Å². The summed E-state index contributed by atoms with van der Waals surface area (Å²) in [6.45, 7) is 4.07. The Morgan fingerprint density at radius 2 is 1.50 bits per heavy atom. The normalized spacial score (nSPS) is 14.7. The van der Waals surface area contributed by atoms with Crippen molar-refractivity contribution in [2.24, 2.45) is 11.7 Å². The minimum Gasteiger partial charge on any atom is -0.354 e. The Morgan fingerprint density at radius 1 is 1.10 bits per heavy atom. The maximum atomic E-state index is 5.73. The van der Waals surface area contributed by atoms with E-state index in [9.17, 15) is 0 Å². The van der Waals surface area contributed by atoms with Crippen LogP contribution < -0.4 is 5.73 Å². The molecule has 0 aliphatic rings. The van der Waals surface area contributed by atoms with Crippen LogP contribution in [0.5, 0.6) is 0 Å². The smallest absolute Gasteiger partial charge is 0.172 e. The van der Waals surface area contributed by atoms with E-state index in [0.717, 1.165) is 0 Å². The summed E-state index contributed by atoms with van der Waals surface area (Å²) in [7, 11) is 3.19. The maximum absolute atomic E-state index is 5.73. The molecule has 0 saturated heterocycles. The zero-order valence-electron chi connectivity index (χ0n) is 7.13. The molecule has 0 aliphatic carbocycles. The Morgan fingerprint density at radius 3 is 1.60 bits per heavy atom. The second-order valence-electron chi connectivity index (χ2n) is 2.66. The van der Waals surface area contributed by atoms with Crippen molar-refractivity contribution in [2.75, 3.05) is 14.2 Å². The van der Waals surface area contributed by atoms with Crippen LogP contribution in [0.2, 0.25) is 0 Å². The summed E-state index contributed by atoms with van der Waals surface area (Å²) in [6.07, 6.45) is -0.278. The number of methoxy groups -OCH3 is 2. The summed E-state index contributed by atoms with van der Waals surface area (Å²) >= 11 is 0. The monoisotopic (exact) mass is 147 g/mol. The molecule has 0 aromatic heterocycles. The first-order valence-corrected chi connectivity index (χ1v) is 3.44. The molecule has 1 unspecified atom stereocenters. The topological polar surface area (TPSA) is 44.5 Å². The predicted octanol–water partition coefficient (Wildman–Crippen LogP) is 0.589. The average molecular weight is 147 g/mol. The SMILES string of the molecule is COC(OC)C(N)C(C)C. The number of hydrogen-bond acceptors (Lipinski definition) is 3. The Bertz CT molecular complexity index is 81.7. The van der Waals surface area contributed by atoms with Crippen LogP contribution in [0.4, 0.5) is 0 Å². The molecule has 0 aliphatic heterocycles. The van der Waals surface area contributed by atoms with E-state index in [1.807, 2.05) is 13.8 Å². The first kappa shape index (κ1) is 9.88. The lowest BCUT2D eigenvalue weighted by Gasteiger charge is -2.23. The molecule has 3 heteroatoms. The molecule has 0 saturated carbocycles. The molecule has 0 bridgehead atoms. The van der Waals surface area contributed by atoms with Crippen molar-refractivity contribution in [3.8, 4) is 0 Å². The lowest BCUT2D eigenvalue weighted by molar-refractivity contribution is -0.123. The van der Waals surface area contributed by atoms with Crippen molar-refractivity contribution in [1.29, 1.82) is 0 Å². The summed E-state index contributed by atoms with van der Waals surface area (Å²) < 4.78 is 9.95. The summed E-state index contributed by atoms with van der Waals surface area (Å²) in [4.78, 5) is 0.